The van der Waals surface area contributed by atoms with E-state index in [4.69, 9.17) is 17.4 Å². The highest BCUT2D eigenvalue weighted by Gasteiger charge is 2.28. The van der Waals surface area contributed by atoms with Crippen LogP contribution in [0.4, 0.5) is 5.69 Å². The van der Waals surface area contributed by atoms with Gasteiger partial charge in [-0.25, -0.2) is 0 Å². The maximum Gasteiger partial charge on any atom is 0.136 e. The Kier molecular flexibility index (Phi) is 3.46. The number of hydrazine groups is 1. The van der Waals surface area contributed by atoms with E-state index in [0.29, 0.717) is 28.8 Å². The summed E-state index contributed by atoms with van der Waals surface area (Å²) in [5.41, 5.74) is 4.34. The molecule has 0 unspecified atom stereocenters. The summed E-state index contributed by atoms with van der Waals surface area (Å²) in [5.74, 6) is 6.07. The summed E-state index contributed by atoms with van der Waals surface area (Å²) in [6.45, 7) is 0. The molecule has 1 aromatic carbocycles. The molecule has 1 aliphatic rings. The molecule has 16 heavy (non-hydrogen) atoms. The van der Waals surface area contributed by atoms with Crippen molar-refractivity contribution in [2.45, 2.75) is 25.7 Å². The number of benzene rings is 1. The molecule has 0 amide bonds. The van der Waals surface area contributed by atoms with Crippen LogP contribution in [0.3, 0.4) is 0 Å². The SMILES string of the molecule is NNc1cc(CCC(=O)C2CC2)ccc1Cl. The van der Waals surface area contributed by atoms with Gasteiger partial charge in [0, 0.05) is 12.3 Å². The maximum absolute atomic E-state index is 11.5. The van der Waals surface area contributed by atoms with Gasteiger partial charge in [0.25, 0.3) is 0 Å². The van der Waals surface area contributed by atoms with E-state index in [2.05, 4.69) is 5.43 Å². The van der Waals surface area contributed by atoms with Gasteiger partial charge in [0.05, 0.1) is 10.7 Å². The van der Waals surface area contributed by atoms with Crippen LogP contribution in [0.1, 0.15) is 24.8 Å². The van der Waals surface area contributed by atoms with Crippen molar-refractivity contribution in [2.24, 2.45) is 11.8 Å². The Morgan fingerprint density at radius 2 is 2.25 bits per heavy atom. The summed E-state index contributed by atoms with van der Waals surface area (Å²) in [5, 5.41) is 0.597. The number of carbonyl (C=O) groups excluding carboxylic acids is 1. The number of anilines is 1. The van der Waals surface area contributed by atoms with Crippen LogP contribution < -0.4 is 11.3 Å². The average Bonchev–Trinajstić information content (AvgIpc) is 3.11. The molecule has 0 atom stereocenters. The number of rotatable bonds is 5. The van der Waals surface area contributed by atoms with Gasteiger partial charge in [-0.2, -0.15) is 0 Å². The lowest BCUT2D eigenvalue weighted by atomic mass is 10.1. The highest BCUT2D eigenvalue weighted by molar-refractivity contribution is 6.33. The van der Waals surface area contributed by atoms with Crippen LogP contribution in [0.2, 0.25) is 5.02 Å². The van der Waals surface area contributed by atoms with E-state index in [1.54, 1.807) is 6.07 Å². The molecule has 3 nitrogen and oxygen atoms in total. The fourth-order valence-corrected chi connectivity index (χ4v) is 1.89. The number of hydrogen-bond donors (Lipinski definition) is 2. The first-order chi connectivity index (χ1) is 7.70. The van der Waals surface area contributed by atoms with Crippen LogP contribution in [0.25, 0.3) is 0 Å². The first kappa shape index (κ1) is 11.4. The van der Waals surface area contributed by atoms with E-state index in [-0.39, 0.29) is 0 Å². The van der Waals surface area contributed by atoms with E-state index in [0.717, 1.165) is 24.8 Å². The van der Waals surface area contributed by atoms with Gasteiger partial charge >= 0.3 is 0 Å². The summed E-state index contributed by atoms with van der Waals surface area (Å²) >= 11 is 5.91. The Morgan fingerprint density at radius 1 is 1.50 bits per heavy atom. The van der Waals surface area contributed by atoms with Crippen molar-refractivity contribution in [1.29, 1.82) is 0 Å². The Labute approximate surface area is 99.9 Å². The zero-order valence-electron chi connectivity index (χ0n) is 9.00. The van der Waals surface area contributed by atoms with Gasteiger partial charge in [0.2, 0.25) is 0 Å². The number of Topliss-reactive ketones (excluding diaryl/α,β-unsaturated/α-hetero) is 1. The van der Waals surface area contributed by atoms with Gasteiger partial charge in [-0.15, -0.1) is 0 Å². The van der Waals surface area contributed by atoms with E-state index in [9.17, 15) is 4.79 Å². The first-order valence-corrected chi connectivity index (χ1v) is 5.86. The van der Waals surface area contributed by atoms with Crippen molar-refractivity contribution >= 4 is 23.1 Å². The van der Waals surface area contributed by atoms with E-state index < -0.39 is 0 Å². The summed E-state index contributed by atoms with van der Waals surface area (Å²) in [7, 11) is 0. The molecule has 86 valence electrons. The second kappa shape index (κ2) is 4.85. The van der Waals surface area contributed by atoms with Gasteiger partial charge in [0.1, 0.15) is 5.78 Å². The standard InChI is InChI=1S/C12H15ClN2O/c13-10-5-1-8(7-11(10)15-14)2-6-12(16)9-3-4-9/h1,5,7,9,15H,2-4,6,14H2. The predicted molar refractivity (Wildman–Crippen MR) is 65.3 cm³/mol. The van der Waals surface area contributed by atoms with Crippen LogP contribution in [-0.4, -0.2) is 5.78 Å². The molecule has 0 saturated heterocycles. The molecular weight excluding hydrogens is 224 g/mol. The van der Waals surface area contributed by atoms with Crippen molar-refractivity contribution in [1.82, 2.24) is 0 Å². The smallest absolute Gasteiger partial charge is 0.136 e. The lowest BCUT2D eigenvalue weighted by Crippen LogP contribution is -2.08. The lowest BCUT2D eigenvalue weighted by Gasteiger charge is -2.06. The number of hydrogen-bond acceptors (Lipinski definition) is 3. The number of ketones is 1. The maximum atomic E-state index is 11.5. The fourth-order valence-electron chi connectivity index (χ4n) is 1.72. The van der Waals surface area contributed by atoms with Gasteiger partial charge in [0.15, 0.2) is 0 Å². The number of halogens is 1. The zero-order valence-corrected chi connectivity index (χ0v) is 9.76. The molecule has 1 saturated carbocycles. The zero-order chi connectivity index (χ0) is 11.5. The van der Waals surface area contributed by atoms with Crippen molar-refractivity contribution in [3.63, 3.8) is 0 Å². The third-order valence-corrected chi connectivity index (χ3v) is 3.21. The van der Waals surface area contributed by atoms with Crippen LogP contribution in [-0.2, 0) is 11.2 Å². The molecule has 2 rings (SSSR count). The van der Waals surface area contributed by atoms with Crippen LogP contribution in [0, 0.1) is 5.92 Å². The van der Waals surface area contributed by atoms with E-state index in [1.165, 1.54) is 0 Å². The summed E-state index contributed by atoms with van der Waals surface area (Å²) in [6.07, 6.45) is 3.54. The molecule has 1 aliphatic carbocycles. The molecule has 0 heterocycles. The first-order valence-electron chi connectivity index (χ1n) is 5.48. The Bertz CT molecular complexity index is 402. The molecule has 0 aromatic heterocycles. The number of nitrogens with two attached hydrogens (primary N) is 1. The molecule has 0 radical (unpaired) electrons. The monoisotopic (exact) mass is 238 g/mol. The largest absolute Gasteiger partial charge is 0.323 e. The third kappa shape index (κ3) is 2.74. The topological polar surface area (TPSA) is 55.1 Å². The molecule has 0 aliphatic heterocycles. The minimum Gasteiger partial charge on any atom is -0.323 e. The number of aryl methyl sites for hydroxylation is 1. The van der Waals surface area contributed by atoms with Crippen molar-refractivity contribution in [2.75, 3.05) is 5.43 Å². The van der Waals surface area contributed by atoms with Crippen molar-refractivity contribution in [3.05, 3.63) is 28.8 Å². The van der Waals surface area contributed by atoms with Gasteiger partial charge in [-0.3, -0.25) is 10.6 Å². The average molecular weight is 239 g/mol. The second-order valence-corrected chi connectivity index (χ2v) is 4.61. The minimum atomic E-state index is 0.347. The predicted octanol–water partition coefficient (Wildman–Crippen LogP) is 2.54. The summed E-state index contributed by atoms with van der Waals surface area (Å²) in [4.78, 5) is 11.5. The number of nitrogens with one attached hydrogen (secondary N) is 1. The van der Waals surface area contributed by atoms with Gasteiger partial charge in [-0.05, 0) is 37.0 Å². The Morgan fingerprint density at radius 3 is 2.88 bits per heavy atom. The highest BCUT2D eigenvalue weighted by atomic mass is 35.5. The summed E-state index contributed by atoms with van der Waals surface area (Å²) < 4.78 is 0. The molecule has 0 bridgehead atoms. The quantitative estimate of drug-likeness (QED) is 0.612. The summed E-state index contributed by atoms with van der Waals surface area (Å²) in [6, 6.07) is 5.62. The highest BCUT2D eigenvalue weighted by Crippen LogP contribution is 2.31. The fraction of sp³-hybridized carbons (Fsp3) is 0.417. The normalized spacial score (nSPS) is 14.9. The number of nitrogen functional groups attached to an aromatic ring is 1. The van der Waals surface area contributed by atoms with E-state index in [1.807, 2.05) is 12.1 Å². The third-order valence-electron chi connectivity index (χ3n) is 2.88. The van der Waals surface area contributed by atoms with Crippen LogP contribution >= 0.6 is 11.6 Å². The Balaban J connectivity index is 1.95. The number of carbonyl (C=O) groups is 1. The van der Waals surface area contributed by atoms with Crippen molar-refractivity contribution in [3.8, 4) is 0 Å². The van der Waals surface area contributed by atoms with Crippen LogP contribution in [0.15, 0.2) is 18.2 Å². The molecule has 1 aromatic rings. The van der Waals surface area contributed by atoms with Crippen LogP contribution in [0.5, 0.6) is 0 Å². The van der Waals surface area contributed by atoms with Gasteiger partial charge < -0.3 is 5.43 Å². The molecule has 0 spiro atoms. The minimum absolute atomic E-state index is 0.347. The van der Waals surface area contributed by atoms with Crippen molar-refractivity contribution < 1.29 is 4.79 Å². The molecule has 1 fully saturated rings. The van der Waals surface area contributed by atoms with E-state index >= 15 is 0 Å². The second-order valence-electron chi connectivity index (χ2n) is 4.20. The molecule has 3 N–H and O–H groups in total. The lowest BCUT2D eigenvalue weighted by molar-refractivity contribution is -0.120. The molecule has 4 heteroatoms. The molecular formula is C12H15ClN2O. The Hall–Kier alpha value is -1.06. The van der Waals surface area contributed by atoms with Gasteiger partial charge in [-0.1, -0.05) is 17.7 Å².